The van der Waals surface area contributed by atoms with Crippen molar-refractivity contribution in [1.82, 2.24) is 15.0 Å². The summed E-state index contributed by atoms with van der Waals surface area (Å²) < 4.78 is 18.8. The zero-order chi connectivity index (χ0) is 16.6. The molecule has 1 N–H and O–H groups in total. The molecule has 0 aliphatic carbocycles. The van der Waals surface area contributed by atoms with Gasteiger partial charge in [0.1, 0.15) is 5.82 Å². The Kier molecular flexibility index (Phi) is 4.46. The summed E-state index contributed by atoms with van der Waals surface area (Å²) in [7, 11) is 0. The Morgan fingerprint density at radius 1 is 1.39 bits per heavy atom. The first kappa shape index (κ1) is 16.1. The molecule has 124 valence electrons. The van der Waals surface area contributed by atoms with Crippen molar-refractivity contribution in [3.63, 3.8) is 0 Å². The summed E-state index contributed by atoms with van der Waals surface area (Å²) >= 11 is 0. The van der Waals surface area contributed by atoms with Crippen molar-refractivity contribution in [2.75, 3.05) is 13.1 Å². The monoisotopic (exact) mass is 319 g/mol. The highest BCUT2D eigenvalue weighted by molar-refractivity contribution is 5.55. The van der Waals surface area contributed by atoms with E-state index in [1.165, 1.54) is 6.07 Å². The van der Waals surface area contributed by atoms with Gasteiger partial charge in [-0.1, -0.05) is 5.16 Å². The Morgan fingerprint density at radius 3 is 2.83 bits per heavy atom. The average Bonchev–Trinajstić information content (AvgIpc) is 3.18. The molecule has 0 saturated carbocycles. The Bertz CT molecular complexity index is 686. The maximum atomic E-state index is 13.4. The lowest BCUT2D eigenvalue weighted by atomic mass is 10.0. The molecule has 3 unspecified atom stereocenters. The Balaban J connectivity index is 1.75. The molecule has 0 bridgehead atoms. The number of halogens is 1. The molecule has 1 aromatic carbocycles. The Hall–Kier alpha value is -1.79. The van der Waals surface area contributed by atoms with Gasteiger partial charge in [0.2, 0.25) is 11.7 Å². The van der Waals surface area contributed by atoms with Crippen LogP contribution in [0.25, 0.3) is 11.4 Å². The van der Waals surface area contributed by atoms with Crippen LogP contribution in [0.1, 0.15) is 37.8 Å². The van der Waals surface area contributed by atoms with Gasteiger partial charge >= 0.3 is 0 Å². The van der Waals surface area contributed by atoms with E-state index < -0.39 is 0 Å². The minimum absolute atomic E-state index is 0.00143. The first-order valence-corrected chi connectivity index (χ1v) is 7.98. The fourth-order valence-corrected chi connectivity index (χ4v) is 3.02. The molecule has 5 nitrogen and oxygen atoms in total. The quantitative estimate of drug-likeness (QED) is 0.939. The second-order valence-electron chi connectivity index (χ2n) is 6.38. The summed E-state index contributed by atoms with van der Waals surface area (Å²) in [6.07, 6.45) is 0.674. The van der Waals surface area contributed by atoms with Crippen molar-refractivity contribution in [2.24, 2.45) is 5.92 Å². The van der Waals surface area contributed by atoms with E-state index in [4.69, 9.17) is 4.52 Å². The third-order valence-corrected chi connectivity index (χ3v) is 4.70. The summed E-state index contributed by atoms with van der Waals surface area (Å²) in [4.78, 5) is 6.70. The summed E-state index contributed by atoms with van der Waals surface area (Å²) in [5, 5.41) is 13.7. The second-order valence-corrected chi connectivity index (χ2v) is 6.38. The number of hydrogen-bond acceptors (Lipinski definition) is 5. The van der Waals surface area contributed by atoms with Gasteiger partial charge in [0.05, 0.1) is 12.1 Å². The third kappa shape index (κ3) is 3.28. The fourth-order valence-electron chi connectivity index (χ4n) is 3.02. The molecule has 1 saturated heterocycles. The normalized spacial score (nSPS) is 21.5. The molecular formula is C17H22FN3O2. The van der Waals surface area contributed by atoms with Crippen LogP contribution in [0.15, 0.2) is 22.7 Å². The van der Waals surface area contributed by atoms with Crippen LogP contribution in [0.5, 0.6) is 0 Å². The standard InChI is InChI=1S/C17H22FN3O2/c1-10-8-13(4-5-15(10)18)16-19-17(23-20-16)11(2)21-7-6-14(9-21)12(3)22/h4-5,8,11-12,14,22H,6-7,9H2,1-3H3. The van der Waals surface area contributed by atoms with Crippen molar-refractivity contribution in [1.29, 1.82) is 0 Å². The number of aryl methyl sites for hydroxylation is 1. The van der Waals surface area contributed by atoms with E-state index in [1.807, 2.05) is 13.8 Å². The van der Waals surface area contributed by atoms with Gasteiger partial charge in [0.25, 0.3) is 0 Å². The maximum absolute atomic E-state index is 13.4. The molecule has 3 atom stereocenters. The van der Waals surface area contributed by atoms with Crippen molar-refractivity contribution in [2.45, 2.75) is 39.3 Å². The molecule has 0 amide bonds. The van der Waals surface area contributed by atoms with Crippen LogP contribution in [-0.2, 0) is 0 Å². The van der Waals surface area contributed by atoms with Crippen LogP contribution in [-0.4, -0.2) is 39.3 Å². The third-order valence-electron chi connectivity index (χ3n) is 4.70. The minimum atomic E-state index is -0.298. The molecule has 23 heavy (non-hydrogen) atoms. The van der Waals surface area contributed by atoms with Crippen LogP contribution in [0, 0.1) is 18.7 Å². The van der Waals surface area contributed by atoms with Crippen LogP contribution < -0.4 is 0 Å². The van der Waals surface area contributed by atoms with Gasteiger partial charge in [-0.15, -0.1) is 0 Å². The van der Waals surface area contributed by atoms with E-state index in [9.17, 15) is 9.50 Å². The van der Waals surface area contributed by atoms with Gasteiger partial charge in [-0.05, 0) is 63.4 Å². The largest absolute Gasteiger partial charge is 0.393 e. The lowest BCUT2D eigenvalue weighted by Crippen LogP contribution is -2.27. The van der Waals surface area contributed by atoms with Gasteiger partial charge in [-0.25, -0.2) is 4.39 Å². The zero-order valence-corrected chi connectivity index (χ0v) is 13.7. The predicted octanol–water partition coefficient (Wildman–Crippen LogP) is 2.95. The van der Waals surface area contributed by atoms with E-state index in [0.29, 0.717) is 23.2 Å². The van der Waals surface area contributed by atoms with Gasteiger partial charge < -0.3 is 9.63 Å². The number of hydrogen-bond donors (Lipinski definition) is 1. The highest BCUT2D eigenvalue weighted by atomic mass is 19.1. The maximum Gasteiger partial charge on any atom is 0.244 e. The molecule has 2 aromatic rings. The van der Waals surface area contributed by atoms with Gasteiger partial charge in [-0.3, -0.25) is 4.90 Å². The molecule has 1 aromatic heterocycles. The summed E-state index contributed by atoms with van der Waals surface area (Å²) in [5.74, 6) is 1.07. The number of likely N-dealkylation sites (tertiary alicyclic amines) is 1. The lowest BCUT2D eigenvalue weighted by molar-refractivity contribution is 0.119. The summed E-state index contributed by atoms with van der Waals surface area (Å²) in [6, 6.07) is 4.79. The fraction of sp³-hybridized carbons (Fsp3) is 0.529. The molecule has 0 radical (unpaired) electrons. The molecule has 1 aliphatic rings. The molecule has 1 aliphatic heterocycles. The van der Waals surface area contributed by atoms with Crippen LogP contribution in [0.4, 0.5) is 4.39 Å². The average molecular weight is 319 g/mol. The summed E-state index contributed by atoms with van der Waals surface area (Å²) in [5.41, 5.74) is 1.30. The number of benzene rings is 1. The second kappa shape index (κ2) is 6.37. The highest BCUT2D eigenvalue weighted by Gasteiger charge is 2.31. The Labute approximate surface area is 135 Å². The molecule has 0 spiro atoms. The van der Waals surface area contributed by atoms with Crippen LogP contribution in [0.3, 0.4) is 0 Å². The van der Waals surface area contributed by atoms with Crippen molar-refractivity contribution < 1.29 is 14.0 Å². The van der Waals surface area contributed by atoms with E-state index in [0.717, 1.165) is 25.1 Å². The number of aromatic nitrogens is 2. The zero-order valence-electron chi connectivity index (χ0n) is 13.7. The van der Waals surface area contributed by atoms with Crippen LogP contribution >= 0.6 is 0 Å². The van der Waals surface area contributed by atoms with Crippen molar-refractivity contribution in [3.05, 3.63) is 35.5 Å². The smallest absolute Gasteiger partial charge is 0.244 e. The molecule has 3 rings (SSSR count). The summed E-state index contributed by atoms with van der Waals surface area (Å²) in [6.45, 7) is 7.30. The number of nitrogens with zero attached hydrogens (tertiary/aromatic N) is 3. The van der Waals surface area contributed by atoms with Crippen molar-refractivity contribution >= 4 is 0 Å². The SMILES string of the molecule is Cc1cc(-c2noc(C(C)N3CCC(C(C)O)C3)n2)ccc1F. The van der Waals surface area contributed by atoms with Crippen LogP contribution in [0.2, 0.25) is 0 Å². The lowest BCUT2D eigenvalue weighted by Gasteiger charge is -2.21. The molecule has 6 heteroatoms. The number of rotatable bonds is 4. The van der Waals surface area contributed by atoms with E-state index in [1.54, 1.807) is 19.1 Å². The Morgan fingerprint density at radius 2 is 2.17 bits per heavy atom. The van der Waals surface area contributed by atoms with E-state index in [-0.39, 0.29) is 18.0 Å². The van der Waals surface area contributed by atoms with Gasteiger partial charge in [0, 0.05) is 12.1 Å². The first-order chi connectivity index (χ1) is 11.0. The van der Waals surface area contributed by atoms with E-state index >= 15 is 0 Å². The van der Waals surface area contributed by atoms with Gasteiger partial charge in [0.15, 0.2) is 0 Å². The predicted molar refractivity (Wildman–Crippen MR) is 84.2 cm³/mol. The van der Waals surface area contributed by atoms with Crippen molar-refractivity contribution in [3.8, 4) is 11.4 Å². The minimum Gasteiger partial charge on any atom is -0.393 e. The molecule has 2 heterocycles. The highest BCUT2D eigenvalue weighted by Crippen LogP contribution is 2.29. The number of aliphatic hydroxyl groups is 1. The van der Waals surface area contributed by atoms with Gasteiger partial charge in [-0.2, -0.15) is 4.98 Å². The molecular weight excluding hydrogens is 297 g/mol. The molecule has 1 fully saturated rings. The topological polar surface area (TPSA) is 62.4 Å². The van der Waals surface area contributed by atoms with E-state index in [2.05, 4.69) is 15.0 Å². The first-order valence-electron chi connectivity index (χ1n) is 7.98. The number of aliphatic hydroxyl groups excluding tert-OH is 1.